The summed E-state index contributed by atoms with van der Waals surface area (Å²) in [5, 5.41) is 15.9. The Kier molecular flexibility index (Phi) is 10.2. The zero-order valence-corrected chi connectivity index (χ0v) is 21.0. The molecule has 9 nitrogen and oxygen atoms in total. The Morgan fingerprint density at radius 1 is 1.03 bits per heavy atom. The van der Waals surface area contributed by atoms with Crippen LogP contribution in [0.1, 0.15) is 22.8 Å². The number of aromatic hydroxyl groups is 1. The van der Waals surface area contributed by atoms with E-state index in [0.29, 0.717) is 17.9 Å². The van der Waals surface area contributed by atoms with Crippen molar-refractivity contribution < 1.29 is 14.7 Å². The molecule has 2 aromatic rings. The van der Waals surface area contributed by atoms with Crippen molar-refractivity contribution in [3.63, 3.8) is 0 Å². The number of carbonyl (C=O) groups is 2. The molecule has 0 bridgehead atoms. The molecule has 0 aliphatic carbocycles. The van der Waals surface area contributed by atoms with Crippen LogP contribution >= 0.6 is 24.0 Å². The van der Waals surface area contributed by atoms with Crippen LogP contribution in [0.4, 0.5) is 5.69 Å². The highest BCUT2D eigenvalue weighted by Gasteiger charge is 2.21. The lowest BCUT2D eigenvalue weighted by Gasteiger charge is -2.37. The Morgan fingerprint density at radius 2 is 1.70 bits per heavy atom. The zero-order valence-electron chi connectivity index (χ0n) is 18.7. The van der Waals surface area contributed by atoms with Gasteiger partial charge in [-0.1, -0.05) is 24.3 Å². The monoisotopic (exact) mass is 566 g/mol. The fourth-order valence-corrected chi connectivity index (χ4v) is 3.51. The minimum Gasteiger partial charge on any atom is -0.506 e. The number of para-hydroxylation sites is 2. The molecular weight excluding hydrogens is 535 g/mol. The third kappa shape index (κ3) is 7.52. The predicted molar refractivity (Wildman–Crippen MR) is 140 cm³/mol. The number of phenolic OH excluding ortho intramolecular Hbond substituents is 1. The number of nitrogens with zero attached hydrogens (tertiary/aromatic N) is 3. The SMILES string of the molecule is CCNC(=NCc1ccc(C(=O)NCC(N)=O)cc1)N1CCN(c2ccccc2O)CC1.I. The molecular formula is C23H31IN6O3. The predicted octanol–water partition coefficient (Wildman–Crippen LogP) is 1.51. The van der Waals surface area contributed by atoms with Gasteiger partial charge in [0.2, 0.25) is 5.91 Å². The first-order valence-corrected chi connectivity index (χ1v) is 10.7. The molecule has 10 heteroatoms. The fourth-order valence-electron chi connectivity index (χ4n) is 3.51. The van der Waals surface area contributed by atoms with Crippen molar-refractivity contribution >= 4 is 47.4 Å². The number of anilines is 1. The van der Waals surface area contributed by atoms with Gasteiger partial charge in [-0.2, -0.15) is 0 Å². The third-order valence-electron chi connectivity index (χ3n) is 5.19. The Hall–Kier alpha value is -3.02. The summed E-state index contributed by atoms with van der Waals surface area (Å²) < 4.78 is 0. The lowest BCUT2D eigenvalue weighted by molar-refractivity contribution is -0.117. The van der Waals surface area contributed by atoms with Crippen molar-refractivity contribution in [3.8, 4) is 5.75 Å². The highest BCUT2D eigenvalue weighted by Crippen LogP contribution is 2.27. The van der Waals surface area contributed by atoms with Crippen molar-refractivity contribution in [1.29, 1.82) is 0 Å². The van der Waals surface area contributed by atoms with Gasteiger partial charge in [0.1, 0.15) is 5.75 Å². The summed E-state index contributed by atoms with van der Waals surface area (Å²) in [5.41, 5.74) is 7.34. The van der Waals surface area contributed by atoms with Gasteiger partial charge in [0.05, 0.1) is 18.8 Å². The first kappa shape index (κ1) is 26.2. The number of rotatable bonds is 7. The molecule has 1 saturated heterocycles. The average molecular weight is 566 g/mol. The smallest absolute Gasteiger partial charge is 0.251 e. The van der Waals surface area contributed by atoms with Gasteiger partial charge in [-0.05, 0) is 36.8 Å². The molecule has 0 aromatic heterocycles. The molecule has 33 heavy (non-hydrogen) atoms. The quantitative estimate of drug-likeness (QED) is 0.229. The van der Waals surface area contributed by atoms with Gasteiger partial charge < -0.3 is 31.3 Å². The van der Waals surface area contributed by atoms with Crippen molar-refractivity contribution in [2.45, 2.75) is 13.5 Å². The molecule has 1 aliphatic heterocycles. The number of nitrogens with one attached hydrogen (secondary N) is 2. The van der Waals surface area contributed by atoms with Crippen LogP contribution in [0.25, 0.3) is 0 Å². The number of carbonyl (C=O) groups excluding carboxylic acids is 2. The highest BCUT2D eigenvalue weighted by molar-refractivity contribution is 14.0. The number of nitrogens with two attached hydrogens (primary N) is 1. The van der Waals surface area contributed by atoms with Crippen LogP contribution in [0.2, 0.25) is 0 Å². The number of benzene rings is 2. The molecule has 0 saturated carbocycles. The number of hydrogen-bond donors (Lipinski definition) is 4. The maximum Gasteiger partial charge on any atom is 0.251 e. The fraction of sp³-hybridized carbons (Fsp3) is 0.348. The van der Waals surface area contributed by atoms with Crippen molar-refractivity contribution in [3.05, 3.63) is 59.7 Å². The minimum atomic E-state index is -0.582. The van der Waals surface area contributed by atoms with Gasteiger partial charge in [-0.15, -0.1) is 24.0 Å². The normalized spacial score (nSPS) is 13.8. The Bertz CT molecular complexity index is 959. The summed E-state index contributed by atoms with van der Waals surface area (Å²) in [6.45, 7) is 6.25. The number of aliphatic imine (C=N–C) groups is 1. The molecule has 0 atom stereocenters. The molecule has 3 rings (SSSR count). The van der Waals surface area contributed by atoms with E-state index in [0.717, 1.165) is 49.9 Å². The van der Waals surface area contributed by atoms with E-state index >= 15 is 0 Å². The van der Waals surface area contributed by atoms with E-state index < -0.39 is 5.91 Å². The Morgan fingerprint density at radius 3 is 2.30 bits per heavy atom. The topological polar surface area (TPSA) is 123 Å². The van der Waals surface area contributed by atoms with Crippen molar-refractivity contribution in [2.75, 3.05) is 44.2 Å². The lowest BCUT2D eigenvalue weighted by atomic mass is 10.1. The largest absolute Gasteiger partial charge is 0.506 e. The molecule has 5 N–H and O–H groups in total. The molecule has 1 fully saturated rings. The van der Waals surface area contributed by atoms with Gasteiger partial charge in [-0.25, -0.2) is 4.99 Å². The molecule has 0 radical (unpaired) electrons. The number of phenols is 1. The molecule has 178 valence electrons. The number of primary amides is 1. The van der Waals surface area contributed by atoms with E-state index in [1.165, 1.54) is 0 Å². The second-order valence-corrected chi connectivity index (χ2v) is 7.48. The van der Waals surface area contributed by atoms with E-state index in [9.17, 15) is 14.7 Å². The zero-order chi connectivity index (χ0) is 22.9. The molecule has 2 amide bonds. The van der Waals surface area contributed by atoms with Crippen LogP contribution in [0.5, 0.6) is 5.75 Å². The maximum atomic E-state index is 12.0. The van der Waals surface area contributed by atoms with E-state index in [-0.39, 0.29) is 36.4 Å². The second-order valence-electron chi connectivity index (χ2n) is 7.48. The second kappa shape index (κ2) is 12.9. The first-order valence-electron chi connectivity index (χ1n) is 10.7. The molecule has 2 aromatic carbocycles. The number of hydrogen-bond acceptors (Lipinski definition) is 5. The Labute approximate surface area is 211 Å². The number of guanidine groups is 1. The van der Waals surface area contributed by atoms with Gasteiger partial charge in [0.25, 0.3) is 5.91 Å². The standard InChI is InChI=1S/C23H30N6O3.HI/c1-2-25-23(29-13-11-28(12-14-29)19-5-3-4-6-20(19)30)27-15-17-7-9-18(10-8-17)22(32)26-16-21(24)31;/h3-10,30H,2,11-16H2,1H3,(H2,24,31)(H,25,27)(H,26,32);1H. The van der Waals surface area contributed by atoms with Gasteiger partial charge >= 0.3 is 0 Å². The average Bonchev–Trinajstić information content (AvgIpc) is 2.81. The number of halogens is 1. The minimum absolute atomic E-state index is 0. The van der Waals surface area contributed by atoms with Crippen molar-refractivity contribution in [2.24, 2.45) is 10.7 Å². The van der Waals surface area contributed by atoms with E-state index in [4.69, 9.17) is 10.7 Å². The number of amides is 2. The summed E-state index contributed by atoms with van der Waals surface area (Å²) in [4.78, 5) is 31.9. The van der Waals surface area contributed by atoms with Crippen LogP contribution < -0.4 is 21.3 Å². The third-order valence-corrected chi connectivity index (χ3v) is 5.19. The van der Waals surface area contributed by atoms with Crippen LogP contribution in [-0.4, -0.2) is 67.0 Å². The Balaban J connectivity index is 0.00000385. The molecule has 1 aliphatic rings. The highest BCUT2D eigenvalue weighted by atomic mass is 127. The van der Waals surface area contributed by atoms with Gasteiger partial charge in [-0.3, -0.25) is 9.59 Å². The summed E-state index contributed by atoms with van der Waals surface area (Å²) in [7, 11) is 0. The summed E-state index contributed by atoms with van der Waals surface area (Å²) in [6.07, 6.45) is 0. The molecule has 0 unspecified atom stereocenters. The van der Waals surface area contributed by atoms with Crippen molar-refractivity contribution in [1.82, 2.24) is 15.5 Å². The summed E-state index contributed by atoms with van der Waals surface area (Å²) >= 11 is 0. The summed E-state index contributed by atoms with van der Waals surface area (Å²) in [5.74, 6) is 0.220. The molecule has 1 heterocycles. The lowest BCUT2D eigenvalue weighted by Crippen LogP contribution is -2.52. The van der Waals surface area contributed by atoms with Crippen LogP contribution in [0.3, 0.4) is 0 Å². The van der Waals surface area contributed by atoms with E-state index in [1.807, 2.05) is 37.3 Å². The van der Waals surface area contributed by atoms with Gasteiger partial charge in [0.15, 0.2) is 5.96 Å². The maximum absolute atomic E-state index is 12.0. The van der Waals surface area contributed by atoms with E-state index in [2.05, 4.69) is 20.4 Å². The van der Waals surface area contributed by atoms with Crippen LogP contribution in [0, 0.1) is 0 Å². The first-order chi connectivity index (χ1) is 15.5. The number of piperazine rings is 1. The van der Waals surface area contributed by atoms with Crippen LogP contribution in [0.15, 0.2) is 53.5 Å². The molecule has 0 spiro atoms. The van der Waals surface area contributed by atoms with E-state index in [1.54, 1.807) is 18.2 Å². The van der Waals surface area contributed by atoms with Gasteiger partial charge in [0, 0.05) is 38.3 Å². The van der Waals surface area contributed by atoms with Crippen LogP contribution in [-0.2, 0) is 11.3 Å². The summed E-state index contributed by atoms with van der Waals surface area (Å²) in [6, 6.07) is 14.5.